The van der Waals surface area contributed by atoms with Crippen LogP contribution in [0.25, 0.3) is 11.4 Å². The van der Waals surface area contributed by atoms with Gasteiger partial charge in [-0.1, -0.05) is 0 Å². The first-order valence-electron chi connectivity index (χ1n) is 5.74. The molecule has 1 aromatic carbocycles. The summed E-state index contributed by atoms with van der Waals surface area (Å²) in [7, 11) is 0. The van der Waals surface area contributed by atoms with E-state index in [0.29, 0.717) is 30.0 Å². The van der Waals surface area contributed by atoms with Crippen molar-refractivity contribution in [2.45, 2.75) is 20.0 Å². The first-order valence-corrected chi connectivity index (χ1v) is 5.74. The molecule has 5 heteroatoms. The Hall–Kier alpha value is -2.01. The van der Waals surface area contributed by atoms with Crippen LogP contribution in [0.3, 0.4) is 0 Å². The summed E-state index contributed by atoms with van der Waals surface area (Å²) >= 11 is 0. The lowest BCUT2D eigenvalue weighted by atomic mass is 10.1. The molecule has 2 heterocycles. The number of nitrogens with one attached hydrogen (secondary N) is 2. The van der Waals surface area contributed by atoms with Crippen molar-refractivity contribution in [3.05, 3.63) is 51.2 Å². The number of hydrogen-bond donors (Lipinski definition) is 2. The molecule has 92 valence electrons. The molecule has 0 aliphatic carbocycles. The third-order valence-corrected chi connectivity index (χ3v) is 3.13. The summed E-state index contributed by atoms with van der Waals surface area (Å²) in [6.45, 7) is 2.85. The third kappa shape index (κ3) is 1.73. The zero-order chi connectivity index (χ0) is 12.7. The number of aryl methyl sites for hydroxylation is 1. The second-order valence-electron chi connectivity index (χ2n) is 4.41. The Morgan fingerprint density at radius 3 is 2.94 bits per heavy atom. The van der Waals surface area contributed by atoms with Crippen LogP contribution in [0.5, 0.6) is 0 Å². The summed E-state index contributed by atoms with van der Waals surface area (Å²) in [6, 6.07) is 4.69. The van der Waals surface area contributed by atoms with Gasteiger partial charge < -0.3 is 10.3 Å². The highest BCUT2D eigenvalue weighted by Crippen LogP contribution is 2.19. The molecule has 18 heavy (non-hydrogen) atoms. The van der Waals surface area contributed by atoms with Gasteiger partial charge in [0, 0.05) is 18.7 Å². The van der Waals surface area contributed by atoms with Crippen molar-refractivity contribution < 1.29 is 4.39 Å². The number of aromatic nitrogens is 2. The van der Waals surface area contributed by atoms with Crippen molar-refractivity contribution in [1.82, 2.24) is 15.3 Å². The Morgan fingerprint density at radius 2 is 2.17 bits per heavy atom. The minimum atomic E-state index is -0.260. The summed E-state index contributed by atoms with van der Waals surface area (Å²) < 4.78 is 13.2. The summed E-state index contributed by atoms with van der Waals surface area (Å²) in [4.78, 5) is 19.0. The monoisotopic (exact) mass is 245 g/mol. The quantitative estimate of drug-likeness (QED) is 0.800. The molecule has 0 atom stereocenters. The van der Waals surface area contributed by atoms with Gasteiger partial charge in [-0.25, -0.2) is 9.37 Å². The van der Waals surface area contributed by atoms with E-state index in [9.17, 15) is 9.18 Å². The first kappa shape index (κ1) is 11.1. The highest BCUT2D eigenvalue weighted by Gasteiger charge is 2.17. The number of halogens is 1. The highest BCUT2D eigenvalue weighted by molar-refractivity contribution is 5.56. The van der Waals surface area contributed by atoms with Gasteiger partial charge in [0.15, 0.2) is 0 Å². The van der Waals surface area contributed by atoms with Gasteiger partial charge in [0.2, 0.25) is 0 Å². The molecule has 0 unspecified atom stereocenters. The molecule has 1 aromatic heterocycles. The number of benzene rings is 1. The minimum absolute atomic E-state index is 0.123. The van der Waals surface area contributed by atoms with E-state index in [1.165, 1.54) is 6.07 Å². The molecule has 0 bridgehead atoms. The maximum atomic E-state index is 13.2. The van der Waals surface area contributed by atoms with Crippen LogP contribution in [0.2, 0.25) is 0 Å². The standard InChI is InChI=1S/C13H12FN3O/c1-7-4-8(2-3-10(7)14)12-16-11-6-15-5-9(11)13(18)17-12/h2-4,15H,5-6H2,1H3,(H,16,17,18). The number of aromatic amines is 1. The molecule has 4 nitrogen and oxygen atoms in total. The van der Waals surface area contributed by atoms with Crippen molar-refractivity contribution in [3.8, 4) is 11.4 Å². The maximum Gasteiger partial charge on any atom is 0.255 e. The molecule has 0 amide bonds. The predicted molar refractivity (Wildman–Crippen MR) is 65.5 cm³/mol. The van der Waals surface area contributed by atoms with Crippen LogP contribution in [0, 0.1) is 12.7 Å². The number of rotatable bonds is 1. The fraction of sp³-hybridized carbons (Fsp3) is 0.231. The number of fused-ring (bicyclic) bond motifs is 1. The summed E-state index contributed by atoms with van der Waals surface area (Å²) in [5, 5.41) is 3.09. The molecule has 0 saturated carbocycles. The Kier molecular flexibility index (Phi) is 2.48. The van der Waals surface area contributed by atoms with Gasteiger partial charge in [-0.3, -0.25) is 4.79 Å². The van der Waals surface area contributed by atoms with E-state index in [-0.39, 0.29) is 11.4 Å². The summed E-state index contributed by atoms with van der Waals surface area (Å²) in [6.07, 6.45) is 0. The smallest absolute Gasteiger partial charge is 0.255 e. The van der Waals surface area contributed by atoms with Gasteiger partial charge in [0.05, 0.1) is 11.3 Å². The van der Waals surface area contributed by atoms with E-state index in [1.54, 1.807) is 19.1 Å². The second kappa shape index (κ2) is 4.03. The lowest BCUT2D eigenvalue weighted by molar-refractivity contribution is 0.618. The minimum Gasteiger partial charge on any atom is -0.307 e. The van der Waals surface area contributed by atoms with Gasteiger partial charge in [-0.15, -0.1) is 0 Å². The van der Waals surface area contributed by atoms with Gasteiger partial charge in [0.25, 0.3) is 5.56 Å². The largest absolute Gasteiger partial charge is 0.307 e. The Balaban J connectivity index is 2.15. The summed E-state index contributed by atoms with van der Waals surface area (Å²) in [5.74, 6) is 0.231. The van der Waals surface area contributed by atoms with Crippen LogP contribution in [-0.4, -0.2) is 9.97 Å². The van der Waals surface area contributed by atoms with Gasteiger partial charge in [0.1, 0.15) is 11.6 Å². The second-order valence-corrected chi connectivity index (χ2v) is 4.41. The molecule has 2 aromatic rings. The van der Waals surface area contributed by atoms with Gasteiger partial charge in [-0.05, 0) is 30.7 Å². The maximum absolute atomic E-state index is 13.2. The van der Waals surface area contributed by atoms with Crippen LogP contribution in [0.4, 0.5) is 4.39 Å². The van der Waals surface area contributed by atoms with Crippen LogP contribution < -0.4 is 10.9 Å². The van der Waals surface area contributed by atoms with Crippen LogP contribution in [-0.2, 0) is 13.1 Å². The van der Waals surface area contributed by atoms with Crippen molar-refractivity contribution in [2.75, 3.05) is 0 Å². The molecule has 2 N–H and O–H groups in total. The zero-order valence-corrected chi connectivity index (χ0v) is 9.88. The van der Waals surface area contributed by atoms with Crippen LogP contribution >= 0.6 is 0 Å². The van der Waals surface area contributed by atoms with Crippen molar-refractivity contribution >= 4 is 0 Å². The molecular weight excluding hydrogens is 233 g/mol. The lowest BCUT2D eigenvalue weighted by Gasteiger charge is -2.05. The van der Waals surface area contributed by atoms with E-state index in [1.807, 2.05) is 0 Å². The number of H-pyrrole nitrogens is 1. The average Bonchev–Trinajstić information content (AvgIpc) is 2.81. The van der Waals surface area contributed by atoms with E-state index < -0.39 is 0 Å². The van der Waals surface area contributed by atoms with E-state index >= 15 is 0 Å². The molecule has 1 aliphatic rings. The molecule has 0 radical (unpaired) electrons. The fourth-order valence-corrected chi connectivity index (χ4v) is 2.11. The molecule has 0 saturated heterocycles. The van der Waals surface area contributed by atoms with E-state index in [4.69, 9.17) is 0 Å². The number of nitrogens with zero attached hydrogens (tertiary/aromatic N) is 1. The normalized spacial score (nSPS) is 13.7. The molecule has 0 fully saturated rings. The van der Waals surface area contributed by atoms with Gasteiger partial charge in [-0.2, -0.15) is 0 Å². The SMILES string of the molecule is Cc1cc(-c2nc3c(c(=O)[nH]2)CNC3)ccc1F. The van der Waals surface area contributed by atoms with Crippen molar-refractivity contribution in [3.63, 3.8) is 0 Å². The van der Waals surface area contributed by atoms with Crippen molar-refractivity contribution in [2.24, 2.45) is 0 Å². The number of hydrogen-bond acceptors (Lipinski definition) is 3. The fourth-order valence-electron chi connectivity index (χ4n) is 2.11. The topological polar surface area (TPSA) is 57.8 Å². The Bertz CT molecular complexity index is 678. The molecule has 3 rings (SSSR count). The molecule has 1 aliphatic heterocycles. The van der Waals surface area contributed by atoms with Gasteiger partial charge >= 0.3 is 0 Å². The Labute approximate surface area is 103 Å². The van der Waals surface area contributed by atoms with E-state index in [0.717, 1.165) is 11.3 Å². The highest BCUT2D eigenvalue weighted by atomic mass is 19.1. The molecular formula is C13H12FN3O. The summed E-state index contributed by atoms with van der Waals surface area (Å²) in [5.41, 5.74) is 2.60. The average molecular weight is 245 g/mol. The third-order valence-electron chi connectivity index (χ3n) is 3.13. The molecule has 0 spiro atoms. The Morgan fingerprint density at radius 1 is 1.33 bits per heavy atom. The lowest BCUT2D eigenvalue weighted by Crippen LogP contribution is -2.15. The van der Waals surface area contributed by atoms with Crippen LogP contribution in [0.15, 0.2) is 23.0 Å². The van der Waals surface area contributed by atoms with E-state index in [2.05, 4.69) is 15.3 Å². The van der Waals surface area contributed by atoms with Crippen LogP contribution in [0.1, 0.15) is 16.8 Å². The predicted octanol–water partition coefficient (Wildman–Crippen LogP) is 1.49. The first-order chi connectivity index (χ1) is 8.65. The van der Waals surface area contributed by atoms with Crippen molar-refractivity contribution in [1.29, 1.82) is 0 Å². The zero-order valence-electron chi connectivity index (χ0n) is 9.88.